The van der Waals surface area contributed by atoms with Crippen LogP contribution in [0.15, 0.2) is 54.7 Å². The lowest BCUT2D eigenvalue weighted by atomic mass is 10.2. The first kappa shape index (κ1) is 23.6. The third kappa shape index (κ3) is 5.92. The van der Waals surface area contributed by atoms with Gasteiger partial charge in [-0.25, -0.2) is 4.98 Å². The van der Waals surface area contributed by atoms with Crippen molar-refractivity contribution in [1.29, 1.82) is 0 Å². The van der Waals surface area contributed by atoms with Gasteiger partial charge in [-0.15, -0.1) is 0 Å². The lowest BCUT2D eigenvalue weighted by Crippen LogP contribution is -2.46. The third-order valence-electron chi connectivity index (χ3n) is 5.00. The van der Waals surface area contributed by atoms with E-state index >= 15 is 0 Å². The normalized spacial score (nSPS) is 13.3. The number of rotatable bonds is 3. The van der Waals surface area contributed by atoms with E-state index in [1.54, 1.807) is 0 Å². The van der Waals surface area contributed by atoms with E-state index in [-0.39, 0.29) is 5.91 Å². The first-order valence-corrected chi connectivity index (χ1v) is 11.1. The van der Waals surface area contributed by atoms with Crippen molar-refractivity contribution < 1.29 is 4.79 Å². The zero-order chi connectivity index (χ0) is 21.9. The molecule has 0 atom stereocenters. The number of amides is 1. The van der Waals surface area contributed by atoms with Gasteiger partial charge < -0.3 is 10.2 Å². The van der Waals surface area contributed by atoms with Gasteiger partial charge in [0.05, 0.1) is 5.52 Å². The average molecular weight is 409 g/mol. The summed E-state index contributed by atoms with van der Waals surface area (Å²) in [6, 6.07) is 15.8. The van der Waals surface area contributed by atoms with Crippen LogP contribution in [0.2, 0.25) is 0 Å². The molecule has 0 bridgehead atoms. The fraction of sp³-hybridized carbons (Fsp3) is 0.440. The number of piperazine rings is 1. The summed E-state index contributed by atoms with van der Waals surface area (Å²) in [7, 11) is 0. The van der Waals surface area contributed by atoms with Crippen LogP contribution in [0.3, 0.4) is 0 Å². The van der Waals surface area contributed by atoms with Crippen LogP contribution in [0.4, 0.5) is 0 Å². The van der Waals surface area contributed by atoms with Crippen molar-refractivity contribution in [1.82, 2.24) is 19.6 Å². The third-order valence-corrected chi connectivity index (χ3v) is 5.00. The van der Waals surface area contributed by atoms with Crippen molar-refractivity contribution in [2.45, 2.75) is 41.0 Å². The highest BCUT2D eigenvalue weighted by atomic mass is 16.2. The van der Waals surface area contributed by atoms with Crippen molar-refractivity contribution in [3.05, 3.63) is 60.4 Å². The molecule has 0 radical (unpaired) electrons. The van der Waals surface area contributed by atoms with Crippen LogP contribution < -0.4 is 5.32 Å². The standard InChI is InChI=1S/C18H18N4O.C5H12.C2H6/c23-18(21-12-9-19-10-13-21)16-15-8-4-5-11-22(15)17(20-16)14-6-2-1-3-7-14;1-4-5(2)3;1-2/h1-8,11,19H,9-10,12-13H2;5H,4H2,1-3H3;1-2H3. The van der Waals surface area contributed by atoms with Crippen LogP contribution in [0, 0.1) is 5.92 Å². The summed E-state index contributed by atoms with van der Waals surface area (Å²) >= 11 is 0. The molecule has 1 aromatic carbocycles. The Morgan fingerprint density at radius 3 is 2.23 bits per heavy atom. The molecule has 0 saturated carbocycles. The van der Waals surface area contributed by atoms with E-state index in [9.17, 15) is 4.79 Å². The number of benzene rings is 1. The molecule has 0 spiro atoms. The monoisotopic (exact) mass is 408 g/mol. The molecule has 1 fully saturated rings. The molecular weight excluding hydrogens is 372 g/mol. The first-order chi connectivity index (χ1) is 14.6. The minimum Gasteiger partial charge on any atom is -0.335 e. The summed E-state index contributed by atoms with van der Waals surface area (Å²) in [5, 5.41) is 3.27. The molecule has 3 aromatic rings. The van der Waals surface area contributed by atoms with Gasteiger partial charge in [0.2, 0.25) is 0 Å². The van der Waals surface area contributed by atoms with Gasteiger partial charge in [-0.3, -0.25) is 9.20 Å². The van der Waals surface area contributed by atoms with E-state index in [0.29, 0.717) is 5.69 Å². The van der Waals surface area contributed by atoms with E-state index < -0.39 is 0 Å². The van der Waals surface area contributed by atoms with Crippen molar-refractivity contribution >= 4 is 11.4 Å². The highest BCUT2D eigenvalue weighted by Gasteiger charge is 2.24. The van der Waals surface area contributed by atoms with E-state index in [4.69, 9.17) is 0 Å². The Hall–Kier alpha value is -2.66. The number of imidazole rings is 1. The minimum atomic E-state index is 0.0115. The van der Waals surface area contributed by atoms with Crippen molar-refractivity contribution in [2.75, 3.05) is 26.2 Å². The van der Waals surface area contributed by atoms with E-state index in [1.165, 1.54) is 6.42 Å². The maximum Gasteiger partial charge on any atom is 0.274 e. The van der Waals surface area contributed by atoms with E-state index in [0.717, 1.165) is 49.0 Å². The molecule has 0 aliphatic carbocycles. The largest absolute Gasteiger partial charge is 0.335 e. The van der Waals surface area contributed by atoms with Crippen LogP contribution in [0.5, 0.6) is 0 Å². The summed E-state index contributed by atoms with van der Waals surface area (Å²) in [5.41, 5.74) is 2.40. The number of hydrogen-bond acceptors (Lipinski definition) is 3. The van der Waals surface area contributed by atoms with Gasteiger partial charge in [-0.2, -0.15) is 0 Å². The fourth-order valence-corrected chi connectivity index (χ4v) is 3.00. The number of nitrogens with zero attached hydrogens (tertiary/aromatic N) is 3. The zero-order valence-electron chi connectivity index (χ0n) is 19.1. The predicted molar refractivity (Wildman–Crippen MR) is 126 cm³/mol. The number of aromatic nitrogens is 2. The minimum absolute atomic E-state index is 0.0115. The van der Waals surface area contributed by atoms with Crippen molar-refractivity contribution in [3.8, 4) is 11.4 Å². The molecule has 0 unspecified atom stereocenters. The smallest absolute Gasteiger partial charge is 0.274 e. The molecule has 1 amide bonds. The molecule has 1 saturated heterocycles. The molecule has 162 valence electrons. The maximum absolute atomic E-state index is 12.9. The molecule has 5 nitrogen and oxygen atoms in total. The van der Waals surface area contributed by atoms with Crippen molar-refractivity contribution in [2.24, 2.45) is 5.92 Å². The summed E-state index contributed by atoms with van der Waals surface area (Å²) < 4.78 is 1.99. The molecular formula is C25H36N4O. The lowest BCUT2D eigenvalue weighted by Gasteiger charge is -2.26. The molecule has 2 aromatic heterocycles. The van der Waals surface area contributed by atoms with Crippen molar-refractivity contribution in [3.63, 3.8) is 0 Å². The Bertz CT molecular complexity index is 896. The molecule has 4 rings (SSSR count). The number of carbonyl (C=O) groups excluding carboxylic acids is 1. The summed E-state index contributed by atoms with van der Waals surface area (Å²) in [6.45, 7) is 13.8. The Balaban J connectivity index is 0.000000404. The van der Waals surface area contributed by atoms with Gasteiger partial charge in [0.15, 0.2) is 5.69 Å². The molecule has 1 N–H and O–H groups in total. The van der Waals surface area contributed by atoms with Gasteiger partial charge in [-0.05, 0) is 18.1 Å². The number of nitrogens with one attached hydrogen (secondary N) is 1. The van der Waals surface area contributed by atoms with E-state index in [1.807, 2.05) is 77.9 Å². The maximum atomic E-state index is 12.9. The Morgan fingerprint density at radius 1 is 1.03 bits per heavy atom. The molecule has 30 heavy (non-hydrogen) atoms. The fourth-order valence-electron chi connectivity index (χ4n) is 3.00. The van der Waals surface area contributed by atoms with Crippen LogP contribution in [-0.4, -0.2) is 46.4 Å². The number of fused-ring (bicyclic) bond motifs is 1. The van der Waals surface area contributed by atoms with E-state index in [2.05, 4.69) is 31.1 Å². The average Bonchev–Trinajstić information content (AvgIpc) is 3.21. The highest BCUT2D eigenvalue weighted by Crippen LogP contribution is 2.23. The summed E-state index contributed by atoms with van der Waals surface area (Å²) in [5.74, 6) is 1.70. The second kappa shape index (κ2) is 12.1. The van der Waals surface area contributed by atoms with Gasteiger partial charge in [-0.1, -0.05) is 77.4 Å². The topological polar surface area (TPSA) is 49.6 Å². The lowest BCUT2D eigenvalue weighted by molar-refractivity contribution is 0.0732. The second-order valence-electron chi connectivity index (χ2n) is 7.45. The van der Waals surface area contributed by atoms with Gasteiger partial charge in [0.25, 0.3) is 5.91 Å². The molecule has 1 aliphatic heterocycles. The molecule has 1 aliphatic rings. The first-order valence-electron chi connectivity index (χ1n) is 11.1. The Morgan fingerprint density at radius 2 is 1.63 bits per heavy atom. The summed E-state index contributed by atoms with van der Waals surface area (Å²) in [4.78, 5) is 19.4. The number of pyridine rings is 1. The second-order valence-corrected chi connectivity index (χ2v) is 7.45. The molecule has 5 heteroatoms. The highest BCUT2D eigenvalue weighted by molar-refractivity contribution is 6.00. The van der Waals surface area contributed by atoms with Gasteiger partial charge >= 0.3 is 0 Å². The van der Waals surface area contributed by atoms with Crippen LogP contribution in [-0.2, 0) is 0 Å². The molecule has 3 heterocycles. The number of carbonyl (C=O) groups is 1. The van der Waals surface area contributed by atoms with Gasteiger partial charge in [0.1, 0.15) is 5.82 Å². The quantitative estimate of drug-likeness (QED) is 0.654. The van der Waals surface area contributed by atoms with Crippen LogP contribution >= 0.6 is 0 Å². The van der Waals surface area contributed by atoms with Crippen LogP contribution in [0.25, 0.3) is 16.9 Å². The summed E-state index contributed by atoms with van der Waals surface area (Å²) in [6.07, 6.45) is 3.26. The number of hydrogen-bond donors (Lipinski definition) is 1. The van der Waals surface area contributed by atoms with Crippen LogP contribution in [0.1, 0.15) is 51.5 Å². The predicted octanol–water partition coefficient (Wildman–Crippen LogP) is 5.13. The Labute approximate surface area is 181 Å². The zero-order valence-corrected chi connectivity index (χ0v) is 19.1. The van der Waals surface area contributed by atoms with Gasteiger partial charge in [0, 0.05) is 37.9 Å². The Kier molecular flexibility index (Phi) is 9.55. The SMILES string of the molecule is CC.CCC(C)C.O=C(c1nc(-c2ccccc2)n2ccccc12)N1CCNCC1.